The highest BCUT2D eigenvalue weighted by Gasteiger charge is 1.98. The van der Waals surface area contributed by atoms with Crippen LogP contribution in [0.1, 0.15) is 5.56 Å². The Morgan fingerprint density at radius 1 is 1.00 bits per heavy atom. The molecule has 0 saturated heterocycles. The van der Waals surface area contributed by atoms with Crippen molar-refractivity contribution < 1.29 is 0 Å². The van der Waals surface area contributed by atoms with Crippen LogP contribution < -0.4 is 5.32 Å². The van der Waals surface area contributed by atoms with Crippen molar-refractivity contribution in [1.82, 2.24) is 4.98 Å². The molecule has 1 aromatic carbocycles. The second-order valence-corrected chi connectivity index (χ2v) is 3.55. The smallest absolute Gasteiger partial charge is 0.0703 e. The van der Waals surface area contributed by atoms with Crippen LogP contribution in [0.2, 0.25) is 0 Å². The maximum atomic E-state index is 4.39. The van der Waals surface area contributed by atoms with Crippen molar-refractivity contribution >= 4 is 5.69 Å². The minimum absolute atomic E-state index is 1.01. The van der Waals surface area contributed by atoms with Gasteiger partial charge >= 0.3 is 0 Å². The summed E-state index contributed by atoms with van der Waals surface area (Å²) < 4.78 is 0. The summed E-state index contributed by atoms with van der Waals surface area (Å²) in [6.07, 6.45) is 1.84. The summed E-state index contributed by atoms with van der Waals surface area (Å²) in [5.41, 5.74) is 4.47. The van der Waals surface area contributed by atoms with E-state index < -0.39 is 0 Å². The molecule has 0 atom stereocenters. The van der Waals surface area contributed by atoms with Crippen LogP contribution in [0, 0.1) is 6.92 Å². The summed E-state index contributed by atoms with van der Waals surface area (Å²) in [6, 6.07) is 12.4. The van der Waals surface area contributed by atoms with Crippen molar-refractivity contribution in [3.05, 3.63) is 48.2 Å². The van der Waals surface area contributed by atoms with Gasteiger partial charge in [0.25, 0.3) is 0 Å². The highest BCUT2D eigenvalue weighted by atomic mass is 14.8. The number of hydrogen-bond donors (Lipinski definition) is 1. The van der Waals surface area contributed by atoms with Crippen molar-refractivity contribution in [2.75, 3.05) is 12.4 Å². The minimum atomic E-state index is 1.01. The predicted octanol–water partition coefficient (Wildman–Crippen LogP) is 3.10. The van der Waals surface area contributed by atoms with Gasteiger partial charge in [0.05, 0.1) is 17.6 Å². The van der Waals surface area contributed by atoms with E-state index in [2.05, 4.69) is 41.5 Å². The van der Waals surface area contributed by atoms with Gasteiger partial charge in [-0.1, -0.05) is 29.8 Å². The molecule has 2 heteroatoms. The molecular formula is C13H14N2. The monoisotopic (exact) mass is 198 g/mol. The zero-order valence-corrected chi connectivity index (χ0v) is 8.99. The third kappa shape index (κ3) is 2.15. The molecule has 0 saturated carbocycles. The highest BCUT2D eigenvalue weighted by Crippen LogP contribution is 2.18. The van der Waals surface area contributed by atoms with Crippen molar-refractivity contribution in [3.8, 4) is 11.3 Å². The van der Waals surface area contributed by atoms with E-state index in [0.29, 0.717) is 0 Å². The summed E-state index contributed by atoms with van der Waals surface area (Å²) in [6.45, 7) is 2.08. The van der Waals surface area contributed by atoms with E-state index in [-0.39, 0.29) is 0 Å². The topological polar surface area (TPSA) is 24.9 Å². The molecule has 0 aliphatic rings. The molecule has 0 unspecified atom stereocenters. The molecule has 76 valence electrons. The molecule has 0 radical (unpaired) electrons. The van der Waals surface area contributed by atoms with E-state index >= 15 is 0 Å². The molecule has 1 aromatic heterocycles. The molecule has 0 aliphatic heterocycles. The molecule has 0 bridgehead atoms. The molecule has 2 aromatic rings. The lowest BCUT2D eigenvalue weighted by molar-refractivity contribution is 1.31. The van der Waals surface area contributed by atoms with E-state index in [1.807, 2.05) is 25.4 Å². The first-order chi connectivity index (χ1) is 7.29. The quantitative estimate of drug-likeness (QED) is 0.802. The largest absolute Gasteiger partial charge is 0.387 e. The fourth-order valence-electron chi connectivity index (χ4n) is 1.44. The Hall–Kier alpha value is -1.83. The van der Waals surface area contributed by atoms with Gasteiger partial charge in [0.15, 0.2) is 0 Å². The fourth-order valence-corrected chi connectivity index (χ4v) is 1.44. The molecule has 15 heavy (non-hydrogen) atoms. The van der Waals surface area contributed by atoms with Crippen molar-refractivity contribution in [2.24, 2.45) is 0 Å². The second kappa shape index (κ2) is 4.13. The van der Waals surface area contributed by atoms with E-state index in [1.165, 1.54) is 5.56 Å². The van der Waals surface area contributed by atoms with Crippen molar-refractivity contribution in [3.63, 3.8) is 0 Å². The Morgan fingerprint density at radius 2 is 1.73 bits per heavy atom. The predicted molar refractivity (Wildman–Crippen MR) is 64.0 cm³/mol. The molecule has 1 N–H and O–H groups in total. The van der Waals surface area contributed by atoms with Gasteiger partial charge in [0.2, 0.25) is 0 Å². The van der Waals surface area contributed by atoms with E-state index in [9.17, 15) is 0 Å². The number of nitrogens with one attached hydrogen (secondary N) is 1. The summed E-state index contributed by atoms with van der Waals surface area (Å²) in [4.78, 5) is 4.39. The Kier molecular flexibility index (Phi) is 2.68. The molecule has 2 rings (SSSR count). The maximum absolute atomic E-state index is 4.39. The molecular weight excluding hydrogens is 184 g/mol. The van der Waals surface area contributed by atoms with Crippen LogP contribution in [0.15, 0.2) is 42.6 Å². The second-order valence-electron chi connectivity index (χ2n) is 3.55. The Balaban J connectivity index is 2.33. The van der Waals surface area contributed by atoms with Gasteiger partial charge in [0.1, 0.15) is 0 Å². The van der Waals surface area contributed by atoms with E-state index in [1.54, 1.807) is 0 Å². The first-order valence-corrected chi connectivity index (χ1v) is 5.00. The van der Waals surface area contributed by atoms with Gasteiger partial charge < -0.3 is 5.32 Å². The molecule has 0 fully saturated rings. The first-order valence-electron chi connectivity index (χ1n) is 5.00. The van der Waals surface area contributed by atoms with Gasteiger partial charge in [-0.05, 0) is 19.1 Å². The number of aromatic nitrogens is 1. The lowest BCUT2D eigenvalue weighted by atomic mass is 10.1. The Morgan fingerprint density at radius 3 is 2.27 bits per heavy atom. The molecule has 2 nitrogen and oxygen atoms in total. The van der Waals surface area contributed by atoms with E-state index in [4.69, 9.17) is 0 Å². The molecule has 0 amide bonds. The van der Waals surface area contributed by atoms with E-state index in [0.717, 1.165) is 16.9 Å². The summed E-state index contributed by atoms with van der Waals surface area (Å²) >= 11 is 0. The maximum Gasteiger partial charge on any atom is 0.0703 e. The number of hydrogen-bond acceptors (Lipinski definition) is 2. The number of aryl methyl sites for hydroxylation is 1. The van der Waals surface area contributed by atoms with Crippen LogP contribution in [-0.4, -0.2) is 12.0 Å². The van der Waals surface area contributed by atoms with Gasteiger partial charge in [0, 0.05) is 12.6 Å². The third-order valence-electron chi connectivity index (χ3n) is 2.40. The summed E-state index contributed by atoms with van der Waals surface area (Å²) in [5.74, 6) is 0. The zero-order valence-electron chi connectivity index (χ0n) is 8.99. The summed E-state index contributed by atoms with van der Waals surface area (Å²) in [5, 5.41) is 3.05. The minimum Gasteiger partial charge on any atom is -0.387 e. The number of anilines is 1. The standard InChI is InChI=1S/C13H14N2/c1-10-3-5-11(6-4-10)13-8-7-12(14-2)9-15-13/h3-9,14H,1-2H3. The van der Waals surface area contributed by atoms with Gasteiger partial charge in [-0.2, -0.15) is 0 Å². The SMILES string of the molecule is CNc1ccc(-c2ccc(C)cc2)nc1. The van der Waals surface area contributed by atoms with Gasteiger partial charge in [-0.25, -0.2) is 0 Å². The average molecular weight is 198 g/mol. The van der Waals surface area contributed by atoms with Crippen LogP contribution in [0.5, 0.6) is 0 Å². The fraction of sp³-hybridized carbons (Fsp3) is 0.154. The zero-order chi connectivity index (χ0) is 10.7. The molecule has 1 heterocycles. The van der Waals surface area contributed by atoms with Crippen LogP contribution in [0.4, 0.5) is 5.69 Å². The Labute approximate surface area is 90.0 Å². The number of rotatable bonds is 2. The average Bonchev–Trinajstić information content (AvgIpc) is 2.30. The number of nitrogens with zero attached hydrogens (tertiary/aromatic N) is 1. The number of pyridine rings is 1. The Bertz CT molecular complexity index is 429. The first kappa shape index (κ1) is 9.71. The van der Waals surface area contributed by atoms with Crippen LogP contribution in [0.25, 0.3) is 11.3 Å². The lowest BCUT2D eigenvalue weighted by Gasteiger charge is -2.03. The van der Waals surface area contributed by atoms with Crippen molar-refractivity contribution in [1.29, 1.82) is 0 Å². The third-order valence-corrected chi connectivity index (χ3v) is 2.40. The highest BCUT2D eigenvalue weighted by molar-refractivity contribution is 5.61. The van der Waals surface area contributed by atoms with Crippen molar-refractivity contribution in [2.45, 2.75) is 6.92 Å². The van der Waals surface area contributed by atoms with Crippen LogP contribution in [0.3, 0.4) is 0 Å². The lowest BCUT2D eigenvalue weighted by Crippen LogP contribution is -1.89. The van der Waals surface area contributed by atoms with Crippen LogP contribution >= 0.6 is 0 Å². The normalized spacial score (nSPS) is 10.0. The number of benzene rings is 1. The van der Waals surface area contributed by atoms with Crippen LogP contribution in [-0.2, 0) is 0 Å². The molecule has 0 spiro atoms. The van der Waals surface area contributed by atoms with Gasteiger partial charge in [-0.3, -0.25) is 4.98 Å². The molecule has 0 aliphatic carbocycles. The summed E-state index contributed by atoms with van der Waals surface area (Å²) in [7, 11) is 1.89. The van der Waals surface area contributed by atoms with Gasteiger partial charge in [-0.15, -0.1) is 0 Å².